The zero-order valence-corrected chi connectivity index (χ0v) is 11.7. The van der Waals surface area contributed by atoms with Gasteiger partial charge in [0.2, 0.25) is 5.88 Å². The Morgan fingerprint density at radius 2 is 2.19 bits per heavy atom. The van der Waals surface area contributed by atoms with Gasteiger partial charge in [0.1, 0.15) is 5.65 Å². The third-order valence-electron chi connectivity index (χ3n) is 3.61. The van der Waals surface area contributed by atoms with Crippen LogP contribution in [-0.2, 0) is 4.79 Å². The van der Waals surface area contributed by atoms with Crippen LogP contribution in [0.3, 0.4) is 0 Å². The fourth-order valence-electron chi connectivity index (χ4n) is 2.63. The number of hydrogen-bond acceptors (Lipinski definition) is 5. The number of hydrogen-bond donors (Lipinski definition) is 0. The molecule has 0 N–H and O–H groups in total. The first-order valence-corrected chi connectivity index (χ1v) is 7.42. The lowest BCUT2D eigenvalue weighted by Crippen LogP contribution is -2.30. The van der Waals surface area contributed by atoms with E-state index in [1.807, 2.05) is 16.8 Å². The van der Waals surface area contributed by atoms with Gasteiger partial charge in [-0.3, -0.25) is 14.0 Å². The van der Waals surface area contributed by atoms with Crippen molar-refractivity contribution >= 4 is 23.0 Å². The van der Waals surface area contributed by atoms with Crippen molar-refractivity contribution < 1.29 is 9.53 Å². The summed E-state index contributed by atoms with van der Waals surface area (Å²) in [6.07, 6.45) is 1.84. The summed E-state index contributed by atoms with van der Waals surface area (Å²) < 4.78 is 6.67. The van der Waals surface area contributed by atoms with Gasteiger partial charge in [-0.1, -0.05) is 6.07 Å². The molecule has 0 amide bonds. The topological polar surface area (TPSA) is 60.7 Å². The van der Waals surface area contributed by atoms with Crippen molar-refractivity contribution in [3.8, 4) is 5.88 Å². The minimum atomic E-state index is -0.356. The Hall–Kier alpha value is -2.47. The molecule has 4 heterocycles. The number of fused-ring (bicyclic) bond motifs is 2. The SMILES string of the molecule is O=C1C[C@@H](c2ccsc2)c2c(nc3ccccn3c2=O)O1. The molecule has 0 fully saturated rings. The van der Waals surface area contributed by atoms with E-state index in [0.29, 0.717) is 11.2 Å². The highest BCUT2D eigenvalue weighted by Crippen LogP contribution is 2.36. The molecule has 0 saturated carbocycles. The first kappa shape index (κ1) is 12.3. The molecule has 1 aliphatic heterocycles. The number of aromatic nitrogens is 2. The van der Waals surface area contributed by atoms with Crippen molar-refractivity contribution in [2.75, 3.05) is 0 Å². The molecule has 104 valence electrons. The summed E-state index contributed by atoms with van der Waals surface area (Å²) >= 11 is 1.54. The van der Waals surface area contributed by atoms with Crippen molar-refractivity contribution in [3.05, 3.63) is 62.7 Å². The third kappa shape index (κ3) is 1.87. The van der Waals surface area contributed by atoms with Crippen molar-refractivity contribution in [1.29, 1.82) is 0 Å². The van der Waals surface area contributed by atoms with Crippen LogP contribution in [0.5, 0.6) is 5.88 Å². The monoisotopic (exact) mass is 298 g/mol. The highest BCUT2D eigenvalue weighted by molar-refractivity contribution is 7.08. The zero-order chi connectivity index (χ0) is 14.4. The molecule has 21 heavy (non-hydrogen) atoms. The number of carbonyl (C=O) groups is 1. The highest BCUT2D eigenvalue weighted by atomic mass is 32.1. The second-order valence-electron chi connectivity index (χ2n) is 4.85. The summed E-state index contributed by atoms with van der Waals surface area (Å²) in [5, 5.41) is 3.88. The van der Waals surface area contributed by atoms with Gasteiger partial charge in [0.25, 0.3) is 5.56 Å². The Labute approximate surface area is 123 Å². The minimum absolute atomic E-state index is 0.138. The van der Waals surface area contributed by atoms with Crippen LogP contribution in [0.2, 0.25) is 0 Å². The van der Waals surface area contributed by atoms with Crippen LogP contribution in [-0.4, -0.2) is 15.4 Å². The Kier molecular flexibility index (Phi) is 2.65. The van der Waals surface area contributed by atoms with E-state index in [1.165, 1.54) is 15.7 Å². The number of thiophene rings is 1. The van der Waals surface area contributed by atoms with Gasteiger partial charge in [-0.2, -0.15) is 16.3 Å². The van der Waals surface area contributed by atoms with E-state index in [-0.39, 0.29) is 29.7 Å². The molecule has 3 aromatic heterocycles. The number of esters is 1. The molecule has 0 aromatic carbocycles. The minimum Gasteiger partial charge on any atom is -0.407 e. The van der Waals surface area contributed by atoms with Gasteiger partial charge in [-0.05, 0) is 34.5 Å². The first-order valence-electron chi connectivity index (χ1n) is 6.48. The van der Waals surface area contributed by atoms with Crippen LogP contribution < -0.4 is 10.3 Å². The zero-order valence-electron chi connectivity index (χ0n) is 10.9. The maximum absolute atomic E-state index is 12.7. The molecule has 4 rings (SSSR count). The van der Waals surface area contributed by atoms with Crippen molar-refractivity contribution in [3.63, 3.8) is 0 Å². The largest absolute Gasteiger partial charge is 0.407 e. The molecule has 1 atom stereocenters. The van der Waals surface area contributed by atoms with Crippen LogP contribution in [0.15, 0.2) is 46.0 Å². The maximum Gasteiger partial charge on any atom is 0.313 e. The number of nitrogens with zero attached hydrogens (tertiary/aromatic N) is 2. The number of carbonyl (C=O) groups excluding carboxylic acids is 1. The maximum atomic E-state index is 12.7. The molecule has 0 saturated heterocycles. The van der Waals surface area contributed by atoms with Gasteiger partial charge in [0, 0.05) is 12.1 Å². The second-order valence-corrected chi connectivity index (χ2v) is 5.63. The molecule has 0 aliphatic carbocycles. The second kappa shape index (κ2) is 4.53. The van der Waals surface area contributed by atoms with Gasteiger partial charge in [-0.15, -0.1) is 0 Å². The summed E-state index contributed by atoms with van der Waals surface area (Å²) in [5.41, 5.74) is 1.70. The molecular formula is C15H10N2O3S. The smallest absolute Gasteiger partial charge is 0.313 e. The molecule has 0 radical (unpaired) electrons. The van der Waals surface area contributed by atoms with E-state index >= 15 is 0 Å². The molecule has 1 aliphatic rings. The molecule has 3 aromatic rings. The highest BCUT2D eigenvalue weighted by Gasteiger charge is 2.33. The Balaban J connectivity index is 2.04. The van der Waals surface area contributed by atoms with Gasteiger partial charge < -0.3 is 4.74 Å². The number of pyridine rings is 1. The van der Waals surface area contributed by atoms with Crippen LogP contribution >= 0.6 is 11.3 Å². The molecular weight excluding hydrogens is 288 g/mol. The molecule has 5 nitrogen and oxygen atoms in total. The van der Waals surface area contributed by atoms with Crippen molar-refractivity contribution in [1.82, 2.24) is 9.38 Å². The van der Waals surface area contributed by atoms with Crippen LogP contribution in [0, 0.1) is 0 Å². The average molecular weight is 298 g/mol. The van der Waals surface area contributed by atoms with E-state index in [4.69, 9.17) is 4.74 Å². The summed E-state index contributed by atoms with van der Waals surface area (Å²) in [4.78, 5) is 28.8. The number of rotatable bonds is 1. The van der Waals surface area contributed by atoms with Gasteiger partial charge in [-0.25, -0.2) is 0 Å². The van der Waals surface area contributed by atoms with E-state index in [0.717, 1.165) is 5.56 Å². The van der Waals surface area contributed by atoms with Crippen molar-refractivity contribution in [2.24, 2.45) is 0 Å². The van der Waals surface area contributed by atoms with Gasteiger partial charge in [0.15, 0.2) is 0 Å². The summed E-state index contributed by atoms with van der Waals surface area (Å²) in [6.45, 7) is 0. The van der Waals surface area contributed by atoms with Crippen LogP contribution in [0.4, 0.5) is 0 Å². The van der Waals surface area contributed by atoms with Gasteiger partial charge >= 0.3 is 5.97 Å². The molecule has 0 unspecified atom stereocenters. The third-order valence-corrected chi connectivity index (χ3v) is 4.31. The summed E-state index contributed by atoms with van der Waals surface area (Å²) in [6, 6.07) is 7.20. The van der Waals surface area contributed by atoms with Gasteiger partial charge in [0.05, 0.1) is 12.0 Å². The predicted octanol–water partition coefficient (Wildman–Crippen LogP) is 2.20. The van der Waals surface area contributed by atoms with Crippen LogP contribution in [0.1, 0.15) is 23.5 Å². The quantitative estimate of drug-likeness (QED) is 0.646. The average Bonchev–Trinajstić information content (AvgIpc) is 3.00. The fraction of sp³-hybridized carbons (Fsp3) is 0.133. The molecule has 0 spiro atoms. The molecule has 6 heteroatoms. The molecule has 0 bridgehead atoms. The number of ether oxygens (including phenoxy) is 1. The standard InChI is InChI=1S/C15H10N2O3S/c18-12-7-10(9-4-6-21-8-9)13-14(20-12)16-11-3-1-2-5-17(11)15(13)19/h1-6,8,10H,7H2/t10-/m0/s1. The summed E-state index contributed by atoms with van der Waals surface area (Å²) in [7, 11) is 0. The normalized spacial score (nSPS) is 17.5. The van der Waals surface area contributed by atoms with E-state index in [9.17, 15) is 9.59 Å². The van der Waals surface area contributed by atoms with Crippen LogP contribution in [0.25, 0.3) is 5.65 Å². The fourth-order valence-corrected chi connectivity index (χ4v) is 3.35. The Morgan fingerprint density at radius 1 is 1.29 bits per heavy atom. The Morgan fingerprint density at radius 3 is 3.00 bits per heavy atom. The van der Waals surface area contributed by atoms with E-state index < -0.39 is 0 Å². The van der Waals surface area contributed by atoms with E-state index in [2.05, 4.69) is 4.98 Å². The lowest BCUT2D eigenvalue weighted by atomic mass is 9.90. The summed E-state index contributed by atoms with van der Waals surface area (Å²) in [5.74, 6) is -0.505. The van der Waals surface area contributed by atoms with Crippen molar-refractivity contribution in [2.45, 2.75) is 12.3 Å². The Bertz CT molecular complexity index is 899. The lowest BCUT2D eigenvalue weighted by Gasteiger charge is -2.22. The first-order chi connectivity index (χ1) is 10.2. The van der Waals surface area contributed by atoms with E-state index in [1.54, 1.807) is 24.4 Å². The predicted molar refractivity (Wildman–Crippen MR) is 77.9 cm³/mol. The lowest BCUT2D eigenvalue weighted by molar-refractivity contribution is -0.135.